The van der Waals surface area contributed by atoms with E-state index in [1.807, 2.05) is 11.8 Å². The Hall–Kier alpha value is -0.610. The number of hydrogen-bond donors (Lipinski definition) is 1. The lowest BCUT2D eigenvalue weighted by molar-refractivity contribution is -0.133. The fourth-order valence-corrected chi connectivity index (χ4v) is 3.13. The Morgan fingerprint density at radius 1 is 1.25 bits per heavy atom. The molecule has 0 radical (unpaired) electrons. The Labute approximate surface area is 124 Å². The maximum atomic E-state index is 12.6. The molecule has 4 heteroatoms. The summed E-state index contributed by atoms with van der Waals surface area (Å²) in [5, 5.41) is 3.51. The summed E-state index contributed by atoms with van der Waals surface area (Å²) >= 11 is 0. The van der Waals surface area contributed by atoms with Crippen molar-refractivity contribution in [2.45, 2.75) is 85.1 Å². The first kappa shape index (κ1) is 17.4. The summed E-state index contributed by atoms with van der Waals surface area (Å²) in [6, 6.07) is 1.02. The Kier molecular flexibility index (Phi) is 6.02. The van der Waals surface area contributed by atoms with Crippen LogP contribution in [0.4, 0.5) is 0 Å². The summed E-state index contributed by atoms with van der Waals surface area (Å²) in [6.45, 7) is 16.9. The predicted octanol–water partition coefficient (Wildman–Crippen LogP) is 2.44. The van der Waals surface area contributed by atoms with E-state index in [2.05, 4.69) is 51.8 Å². The fraction of sp³-hybridized carbons (Fsp3) is 0.938. The van der Waals surface area contributed by atoms with Crippen molar-refractivity contribution < 1.29 is 4.79 Å². The van der Waals surface area contributed by atoms with Gasteiger partial charge in [0.1, 0.15) is 0 Å². The minimum absolute atomic E-state index is 0.189. The van der Waals surface area contributed by atoms with Crippen LogP contribution in [0.15, 0.2) is 0 Å². The van der Waals surface area contributed by atoms with Crippen LogP contribution in [0.3, 0.4) is 0 Å². The minimum atomic E-state index is -0.374. The van der Waals surface area contributed by atoms with Crippen LogP contribution in [0.25, 0.3) is 0 Å². The monoisotopic (exact) mass is 283 g/mol. The van der Waals surface area contributed by atoms with Gasteiger partial charge in [0.05, 0.1) is 11.7 Å². The van der Waals surface area contributed by atoms with Crippen molar-refractivity contribution >= 4 is 5.91 Å². The highest BCUT2D eigenvalue weighted by Gasteiger charge is 2.45. The molecule has 20 heavy (non-hydrogen) atoms. The number of nitrogens with zero attached hydrogens (tertiary/aromatic N) is 2. The quantitative estimate of drug-likeness (QED) is 0.779. The van der Waals surface area contributed by atoms with Gasteiger partial charge in [0.2, 0.25) is 5.91 Å². The zero-order valence-corrected chi connectivity index (χ0v) is 14.4. The summed E-state index contributed by atoms with van der Waals surface area (Å²) in [5.41, 5.74) is -0.374. The van der Waals surface area contributed by atoms with E-state index in [9.17, 15) is 4.79 Å². The predicted molar refractivity (Wildman–Crippen MR) is 84.6 cm³/mol. The van der Waals surface area contributed by atoms with Crippen LogP contribution in [0.1, 0.15) is 61.3 Å². The van der Waals surface area contributed by atoms with Crippen LogP contribution in [0.2, 0.25) is 0 Å². The molecule has 1 amide bonds. The molecule has 0 saturated carbocycles. The smallest absolute Gasteiger partial charge is 0.243 e. The van der Waals surface area contributed by atoms with Gasteiger partial charge in [-0.1, -0.05) is 13.8 Å². The molecule has 2 atom stereocenters. The van der Waals surface area contributed by atoms with E-state index in [4.69, 9.17) is 0 Å². The van der Waals surface area contributed by atoms with E-state index < -0.39 is 0 Å². The molecule has 1 rings (SSSR count). The molecule has 0 aromatic carbocycles. The standard InChI is InChI=1S/C16H33N3O/c1-8-14-17-16(7,9-2)15(20)19(14)11-10-18(12(3)4)13(5)6/h12-14,17H,8-11H2,1-7H3. The Morgan fingerprint density at radius 2 is 1.80 bits per heavy atom. The van der Waals surface area contributed by atoms with E-state index in [-0.39, 0.29) is 17.6 Å². The van der Waals surface area contributed by atoms with Gasteiger partial charge in [-0.05, 0) is 47.5 Å². The third-order valence-corrected chi connectivity index (χ3v) is 4.61. The maximum absolute atomic E-state index is 12.6. The van der Waals surface area contributed by atoms with Crippen molar-refractivity contribution in [3.05, 3.63) is 0 Å². The summed E-state index contributed by atoms with van der Waals surface area (Å²) < 4.78 is 0. The van der Waals surface area contributed by atoms with Gasteiger partial charge in [-0.25, -0.2) is 0 Å². The number of hydrogen-bond acceptors (Lipinski definition) is 3. The molecule has 1 saturated heterocycles. The van der Waals surface area contributed by atoms with E-state index in [0.29, 0.717) is 12.1 Å². The number of carbonyl (C=O) groups excluding carboxylic acids is 1. The summed E-state index contributed by atoms with van der Waals surface area (Å²) in [6.07, 6.45) is 2.00. The average Bonchev–Trinajstić information content (AvgIpc) is 2.63. The van der Waals surface area contributed by atoms with Crippen LogP contribution in [-0.4, -0.2) is 52.6 Å². The third kappa shape index (κ3) is 3.53. The van der Waals surface area contributed by atoms with Crippen molar-refractivity contribution in [3.8, 4) is 0 Å². The molecule has 0 aliphatic carbocycles. The van der Waals surface area contributed by atoms with Crippen LogP contribution >= 0.6 is 0 Å². The van der Waals surface area contributed by atoms with Gasteiger partial charge in [0, 0.05) is 25.2 Å². The van der Waals surface area contributed by atoms with Gasteiger partial charge in [-0.3, -0.25) is 15.0 Å². The highest BCUT2D eigenvalue weighted by atomic mass is 16.2. The van der Waals surface area contributed by atoms with Crippen LogP contribution in [0, 0.1) is 0 Å². The number of rotatable bonds is 7. The Morgan fingerprint density at radius 3 is 2.20 bits per heavy atom. The topological polar surface area (TPSA) is 35.6 Å². The summed E-state index contributed by atoms with van der Waals surface area (Å²) in [4.78, 5) is 17.1. The molecule has 1 fully saturated rings. The second-order valence-electron chi connectivity index (χ2n) is 6.68. The van der Waals surface area contributed by atoms with Gasteiger partial charge >= 0.3 is 0 Å². The molecular formula is C16H33N3O. The van der Waals surface area contributed by atoms with Gasteiger partial charge in [0.25, 0.3) is 0 Å². The molecule has 0 spiro atoms. The lowest BCUT2D eigenvalue weighted by Crippen LogP contribution is -2.46. The second kappa shape index (κ2) is 6.90. The first-order valence-electron chi connectivity index (χ1n) is 8.11. The van der Waals surface area contributed by atoms with Crippen LogP contribution < -0.4 is 5.32 Å². The minimum Gasteiger partial charge on any atom is -0.324 e. The molecule has 0 aromatic rings. The Bertz CT molecular complexity index is 322. The molecule has 1 aliphatic rings. The molecule has 2 unspecified atom stereocenters. The van der Waals surface area contributed by atoms with Crippen molar-refractivity contribution in [1.82, 2.24) is 15.1 Å². The SMILES string of the molecule is CCC1NC(C)(CC)C(=O)N1CCN(C(C)C)C(C)C. The normalized spacial score (nSPS) is 27.4. The van der Waals surface area contributed by atoms with Crippen LogP contribution in [-0.2, 0) is 4.79 Å². The number of amides is 1. The van der Waals surface area contributed by atoms with Crippen molar-refractivity contribution in [2.24, 2.45) is 0 Å². The third-order valence-electron chi connectivity index (χ3n) is 4.61. The van der Waals surface area contributed by atoms with Crippen molar-refractivity contribution in [1.29, 1.82) is 0 Å². The maximum Gasteiger partial charge on any atom is 0.243 e. The van der Waals surface area contributed by atoms with Crippen molar-refractivity contribution in [3.63, 3.8) is 0 Å². The first-order valence-corrected chi connectivity index (χ1v) is 8.11. The lowest BCUT2D eigenvalue weighted by Gasteiger charge is -2.33. The molecule has 1 N–H and O–H groups in total. The van der Waals surface area contributed by atoms with Gasteiger partial charge < -0.3 is 4.90 Å². The first-order chi connectivity index (χ1) is 9.26. The van der Waals surface area contributed by atoms with E-state index in [1.165, 1.54) is 0 Å². The summed E-state index contributed by atoms with van der Waals surface area (Å²) in [5.74, 6) is 0.263. The van der Waals surface area contributed by atoms with Crippen LogP contribution in [0.5, 0.6) is 0 Å². The average molecular weight is 283 g/mol. The van der Waals surface area contributed by atoms with E-state index >= 15 is 0 Å². The van der Waals surface area contributed by atoms with Gasteiger partial charge in [-0.15, -0.1) is 0 Å². The number of nitrogens with one attached hydrogen (secondary N) is 1. The molecule has 118 valence electrons. The van der Waals surface area contributed by atoms with Gasteiger partial charge in [0.15, 0.2) is 0 Å². The molecule has 1 aliphatic heterocycles. The van der Waals surface area contributed by atoms with E-state index in [0.717, 1.165) is 25.9 Å². The largest absolute Gasteiger partial charge is 0.324 e. The Balaban J connectivity index is 2.72. The van der Waals surface area contributed by atoms with Gasteiger partial charge in [-0.2, -0.15) is 0 Å². The lowest BCUT2D eigenvalue weighted by atomic mass is 9.99. The highest BCUT2D eigenvalue weighted by Crippen LogP contribution is 2.25. The summed E-state index contributed by atoms with van der Waals surface area (Å²) in [7, 11) is 0. The molecule has 1 heterocycles. The highest BCUT2D eigenvalue weighted by molar-refractivity contribution is 5.88. The molecule has 0 bridgehead atoms. The molecule has 0 aromatic heterocycles. The van der Waals surface area contributed by atoms with Crippen molar-refractivity contribution in [2.75, 3.05) is 13.1 Å². The zero-order chi connectivity index (χ0) is 15.5. The molecular weight excluding hydrogens is 250 g/mol. The second-order valence-corrected chi connectivity index (χ2v) is 6.68. The van der Waals surface area contributed by atoms with E-state index in [1.54, 1.807) is 0 Å². The number of carbonyl (C=O) groups is 1. The fourth-order valence-electron chi connectivity index (χ4n) is 3.13. The molecule has 4 nitrogen and oxygen atoms in total. The zero-order valence-electron chi connectivity index (χ0n) is 14.4.